The summed E-state index contributed by atoms with van der Waals surface area (Å²) < 4.78 is 27.9. The molecule has 0 saturated heterocycles. The molecule has 0 atom stereocenters. The quantitative estimate of drug-likeness (QED) is 0.154. The number of aryl methyl sites for hydroxylation is 1. The summed E-state index contributed by atoms with van der Waals surface area (Å²) in [6, 6.07) is 30.2. The smallest absolute Gasteiger partial charge is 0.141 e. The minimum atomic E-state index is 0.554. The first kappa shape index (κ1) is 29.0. The maximum atomic E-state index is 6.45. The van der Waals surface area contributed by atoms with Gasteiger partial charge in [0.25, 0.3) is 0 Å². The van der Waals surface area contributed by atoms with Crippen LogP contribution in [0.5, 0.6) is 28.7 Å². The van der Waals surface area contributed by atoms with Gasteiger partial charge in [-0.25, -0.2) is 9.67 Å². The van der Waals surface area contributed by atoms with Crippen molar-refractivity contribution in [3.05, 3.63) is 115 Å². The Bertz CT molecular complexity index is 2150. The van der Waals surface area contributed by atoms with E-state index in [4.69, 9.17) is 18.9 Å². The second-order valence-corrected chi connectivity index (χ2v) is 10.9. The molecule has 0 amide bonds. The first-order valence-corrected chi connectivity index (χ1v) is 15.3. The highest BCUT2D eigenvalue weighted by Gasteiger charge is 2.18. The molecule has 8 heteroatoms. The van der Waals surface area contributed by atoms with Gasteiger partial charge in [0.1, 0.15) is 34.6 Å². The highest BCUT2D eigenvalue weighted by atomic mass is 16.5. The van der Waals surface area contributed by atoms with E-state index in [9.17, 15) is 0 Å². The number of hydrogen-bond donors (Lipinski definition) is 0. The fourth-order valence-electron chi connectivity index (χ4n) is 5.87. The minimum absolute atomic E-state index is 0.554. The molecule has 7 aromatic rings. The standard InChI is InChI=1S/C38H34N4O4/c1-5-44-35-18-25(3)19-36(45-6-2)38(35)26-23-40-41(24-26)27-10-9-11-29(20-27)46-30-14-15-32-31-12-7-8-13-33(31)42(34(32)21-30)37-22-28(43-4)16-17-39-37/h7-24H,5-6H2,1-4H3. The Morgan fingerprint density at radius 3 is 2.26 bits per heavy atom. The van der Waals surface area contributed by atoms with Gasteiger partial charge in [-0.1, -0.05) is 24.3 Å². The summed E-state index contributed by atoms with van der Waals surface area (Å²) in [4.78, 5) is 4.67. The summed E-state index contributed by atoms with van der Waals surface area (Å²) >= 11 is 0. The Kier molecular flexibility index (Phi) is 7.76. The van der Waals surface area contributed by atoms with Gasteiger partial charge in [0.15, 0.2) is 0 Å². The zero-order valence-electron chi connectivity index (χ0n) is 26.2. The second-order valence-electron chi connectivity index (χ2n) is 10.9. The third kappa shape index (κ3) is 5.38. The molecule has 8 nitrogen and oxygen atoms in total. The predicted molar refractivity (Wildman–Crippen MR) is 181 cm³/mol. The second kappa shape index (κ2) is 12.3. The summed E-state index contributed by atoms with van der Waals surface area (Å²) in [5, 5.41) is 6.94. The normalized spacial score (nSPS) is 11.2. The van der Waals surface area contributed by atoms with Crippen molar-refractivity contribution in [3.8, 4) is 51.4 Å². The van der Waals surface area contributed by atoms with Gasteiger partial charge in [-0.2, -0.15) is 5.10 Å². The largest absolute Gasteiger partial charge is 0.497 e. The molecule has 0 unspecified atom stereocenters. The number of fused-ring (bicyclic) bond motifs is 3. The van der Waals surface area contributed by atoms with Gasteiger partial charge in [-0.3, -0.25) is 4.57 Å². The van der Waals surface area contributed by atoms with Crippen LogP contribution in [0.25, 0.3) is 44.4 Å². The molecule has 0 aliphatic rings. The van der Waals surface area contributed by atoms with Crippen LogP contribution in [0.15, 0.2) is 110 Å². The van der Waals surface area contributed by atoms with E-state index in [-0.39, 0.29) is 0 Å². The van der Waals surface area contributed by atoms with E-state index in [1.807, 2.05) is 98.5 Å². The van der Waals surface area contributed by atoms with Crippen molar-refractivity contribution < 1.29 is 18.9 Å². The predicted octanol–water partition coefficient (Wildman–Crippen LogP) is 8.94. The van der Waals surface area contributed by atoms with Gasteiger partial charge in [-0.15, -0.1) is 0 Å². The van der Waals surface area contributed by atoms with Crippen molar-refractivity contribution in [2.24, 2.45) is 0 Å². The van der Waals surface area contributed by atoms with E-state index < -0.39 is 0 Å². The third-order valence-electron chi connectivity index (χ3n) is 7.83. The van der Waals surface area contributed by atoms with Crippen molar-refractivity contribution in [2.45, 2.75) is 20.8 Å². The Morgan fingerprint density at radius 2 is 1.48 bits per heavy atom. The van der Waals surface area contributed by atoms with Gasteiger partial charge in [0.05, 0.1) is 48.8 Å². The molecule has 7 rings (SSSR count). The SMILES string of the molecule is CCOc1cc(C)cc(OCC)c1-c1cnn(-c2cccc(Oc3ccc4c5ccccc5n(-c5cc(OC)ccn5)c4c3)c2)c1. The van der Waals surface area contributed by atoms with Crippen LogP contribution in [0.2, 0.25) is 0 Å². The maximum Gasteiger partial charge on any atom is 0.141 e. The van der Waals surface area contributed by atoms with E-state index in [0.29, 0.717) is 24.7 Å². The molecule has 0 aliphatic heterocycles. The highest BCUT2D eigenvalue weighted by Crippen LogP contribution is 2.40. The van der Waals surface area contributed by atoms with Crippen LogP contribution in [-0.4, -0.2) is 39.7 Å². The lowest BCUT2D eigenvalue weighted by Crippen LogP contribution is -2.00. The number of pyridine rings is 1. The van der Waals surface area contributed by atoms with Gasteiger partial charge in [-0.05, 0) is 74.9 Å². The van der Waals surface area contributed by atoms with Crippen LogP contribution >= 0.6 is 0 Å². The van der Waals surface area contributed by atoms with Crippen LogP contribution in [0, 0.1) is 6.92 Å². The summed E-state index contributed by atoms with van der Waals surface area (Å²) in [6.45, 7) is 7.11. The fourth-order valence-corrected chi connectivity index (χ4v) is 5.87. The van der Waals surface area contributed by atoms with Crippen molar-refractivity contribution in [3.63, 3.8) is 0 Å². The molecule has 0 N–H and O–H groups in total. The van der Waals surface area contributed by atoms with Gasteiger partial charge < -0.3 is 18.9 Å². The van der Waals surface area contributed by atoms with Crippen molar-refractivity contribution in [1.29, 1.82) is 0 Å². The molecule has 0 bridgehead atoms. The third-order valence-corrected chi connectivity index (χ3v) is 7.83. The Hall–Kier alpha value is -5.76. The molecule has 0 aliphatic carbocycles. The first-order chi connectivity index (χ1) is 22.6. The van der Waals surface area contributed by atoms with E-state index >= 15 is 0 Å². The highest BCUT2D eigenvalue weighted by molar-refractivity contribution is 6.09. The maximum absolute atomic E-state index is 6.45. The molecule has 46 heavy (non-hydrogen) atoms. The summed E-state index contributed by atoms with van der Waals surface area (Å²) in [5.74, 6) is 4.47. The van der Waals surface area contributed by atoms with Crippen molar-refractivity contribution in [2.75, 3.05) is 20.3 Å². The van der Waals surface area contributed by atoms with Crippen LogP contribution in [-0.2, 0) is 0 Å². The fraction of sp³-hybridized carbons (Fsp3) is 0.158. The van der Waals surface area contributed by atoms with Crippen molar-refractivity contribution in [1.82, 2.24) is 19.3 Å². The Labute approximate surface area is 267 Å². The molecule has 4 aromatic carbocycles. The summed E-state index contributed by atoms with van der Waals surface area (Å²) in [7, 11) is 1.66. The van der Waals surface area contributed by atoms with E-state index in [0.717, 1.165) is 67.2 Å². The lowest BCUT2D eigenvalue weighted by molar-refractivity contribution is 0.325. The zero-order chi connectivity index (χ0) is 31.6. The average Bonchev–Trinajstić information content (AvgIpc) is 3.68. The topological polar surface area (TPSA) is 72.6 Å². The molecule has 3 aromatic heterocycles. The number of nitrogens with zero attached hydrogens (tertiary/aromatic N) is 4. The zero-order valence-corrected chi connectivity index (χ0v) is 26.2. The van der Waals surface area contributed by atoms with Crippen LogP contribution in [0.1, 0.15) is 19.4 Å². The lowest BCUT2D eigenvalue weighted by Gasteiger charge is -2.15. The molecule has 0 saturated carbocycles. The van der Waals surface area contributed by atoms with Crippen LogP contribution in [0.3, 0.4) is 0 Å². The Balaban J connectivity index is 1.24. The van der Waals surface area contributed by atoms with Gasteiger partial charge in [0.2, 0.25) is 0 Å². The molecule has 3 heterocycles. The molecule has 230 valence electrons. The molecular formula is C38H34N4O4. The molecule has 0 radical (unpaired) electrons. The number of ether oxygens (including phenoxy) is 4. The molecule has 0 spiro atoms. The van der Waals surface area contributed by atoms with Crippen LogP contribution in [0.4, 0.5) is 0 Å². The number of rotatable bonds is 10. The summed E-state index contributed by atoms with van der Waals surface area (Å²) in [6.07, 6.45) is 5.58. The average molecular weight is 611 g/mol. The molecule has 0 fully saturated rings. The number of para-hydroxylation sites is 1. The number of benzene rings is 4. The van der Waals surface area contributed by atoms with Gasteiger partial charge in [0, 0.05) is 46.9 Å². The minimum Gasteiger partial charge on any atom is -0.497 e. The summed E-state index contributed by atoms with van der Waals surface area (Å²) in [5.41, 5.74) is 5.78. The van der Waals surface area contributed by atoms with E-state index in [1.54, 1.807) is 13.3 Å². The number of hydrogen-bond acceptors (Lipinski definition) is 6. The van der Waals surface area contributed by atoms with E-state index in [1.165, 1.54) is 0 Å². The van der Waals surface area contributed by atoms with Crippen molar-refractivity contribution >= 4 is 21.8 Å². The first-order valence-electron chi connectivity index (χ1n) is 15.3. The van der Waals surface area contributed by atoms with Gasteiger partial charge >= 0.3 is 0 Å². The number of aromatic nitrogens is 4. The monoisotopic (exact) mass is 610 g/mol. The lowest BCUT2D eigenvalue weighted by atomic mass is 10.0. The molecular weight excluding hydrogens is 576 g/mol. The van der Waals surface area contributed by atoms with Crippen LogP contribution < -0.4 is 18.9 Å². The number of methoxy groups -OCH3 is 1. The Morgan fingerprint density at radius 1 is 0.717 bits per heavy atom. The van der Waals surface area contributed by atoms with E-state index in [2.05, 4.69) is 45.0 Å².